The smallest absolute Gasteiger partial charge is 0.204 e. The van der Waals surface area contributed by atoms with Crippen LogP contribution in [0.2, 0.25) is 0 Å². The van der Waals surface area contributed by atoms with E-state index in [0.717, 1.165) is 18.7 Å². The molecule has 1 N–H and O–H groups in total. The zero-order valence-electron chi connectivity index (χ0n) is 9.80. The summed E-state index contributed by atoms with van der Waals surface area (Å²) in [5.74, 6) is 1.34. The first-order chi connectivity index (χ1) is 8.33. The van der Waals surface area contributed by atoms with Crippen molar-refractivity contribution in [3.63, 3.8) is 0 Å². The molecule has 1 aliphatic heterocycles. The number of aromatic nitrogens is 4. The number of benzene rings is 1. The summed E-state index contributed by atoms with van der Waals surface area (Å²) in [7, 11) is 1.77. The van der Waals surface area contributed by atoms with Crippen LogP contribution in [0.3, 0.4) is 0 Å². The lowest BCUT2D eigenvalue weighted by Gasteiger charge is -2.08. The molecule has 0 bridgehead atoms. The quantitative estimate of drug-likeness (QED) is 0.833. The van der Waals surface area contributed by atoms with Crippen LogP contribution in [0.1, 0.15) is 17.9 Å². The molecule has 1 aromatic heterocycles. The number of nitrogens with one attached hydrogen (secondary N) is 1. The number of aryl methyl sites for hydroxylation is 1. The van der Waals surface area contributed by atoms with Crippen molar-refractivity contribution in [2.45, 2.75) is 12.3 Å². The molecule has 1 fully saturated rings. The Balaban J connectivity index is 1.84. The SMILES string of the molecule is Cn1nnc(-c2ccc(C3CCNC3)cc2)n1. The second kappa shape index (κ2) is 4.25. The monoisotopic (exact) mass is 229 g/mol. The Morgan fingerprint density at radius 2 is 2.12 bits per heavy atom. The van der Waals surface area contributed by atoms with Gasteiger partial charge in [0, 0.05) is 12.1 Å². The highest BCUT2D eigenvalue weighted by Crippen LogP contribution is 2.24. The molecule has 0 saturated carbocycles. The number of tetrazole rings is 1. The van der Waals surface area contributed by atoms with Gasteiger partial charge < -0.3 is 5.32 Å². The van der Waals surface area contributed by atoms with E-state index in [2.05, 4.69) is 45.0 Å². The zero-order valence-corrected chi connectivity index (χ0v) is 9.80. The van der Waals surface area contributed by atoms with E-state index >= 15 is 0 Å². The Labute approximate surface area is 99.8 Å². The second-order valence-corrected chi connectivity index (χ2v) is 4.41. The third-order valence-corrected chi connectivity index (χ3v) is 3.21. The van der Waals surface area contributed by atoms with Crippen molar-refractivity contribution >= 4 is 0 Å². The fourth-order valence-electron chi connectivity index (χ4n) is 2.24. The molecule has 3 rings (SSSR count). The number of rotatable bonds is 2. The maximum absolute atomic E-state index is 4.19. The van der Waals surface area contributed by atoms with Crippen molar-refractivity contribution in [1.29, 1.82) is 0 Å². The summed E-state index contributed by atoms with van der Waals surface area (Å²) in [4.78, 5) is 1.48. The van der Waals surface area contributed by atoms with E-state index in [1.807, 2.05) is 0 Å². The van der Waals surface area contributed by atoms with E-state index in [1.165, 1.54) is 16.8 Å². The average molecular weight is 229 g/mol. The Kier molecular flexibility index (Phi) is 2.60. The molecule has 1 saturated heterocycles. The maximum atomic E-state index is 4.19. The fourth-order valence-corrected chi connectivity index (χ4v) is 2.24. The molecule has 88 valence electrons. The minimum absolute atomic E-state index is 0.652. The normalized spacial score (nSPS) is 19.7. The molecule has 1 atom stereocenters. The summed E-state index contributed by atoms with van der Waals surface area (Å²) in [6.07, 6.45) is 1.22. The van der Waals surface area contributed by atoms with Gasteiger partial charge in [-0.15, -0.1) is 10.2 Å². The topological polar surface area (TPSA) is 55.6 Å². The first kappa shape index (κ1) is 10.4. The van der Waals surface area contributed by atoms with E-state index in [-0.39, 0.29) is 0 Å². The molecule has 0 amide bonds. The van der Waals surface area contributed by atoms with Crippen LogP contribution in [0.5, 0.6) is 0 Å². The predicted octanol–water partition coefficient (Wildman–Crippen LogP) is 0.954. The summed E-state index contributed by atoms with van der Waals surface area (Å²) < 4.78 is 0. The summed E-state index contributed by atoms with van der Waals surface area (Å²) in [5, 5.41) is 15.4. The molecule has 17 heavy (non-hydrogen) atoms. The van der Waals surface area contributed by atoms with Crippen LogP contribution < -0.4 is 5.32 Å². The lowest BCUT2D eigenvalue weighted by Crippen LogP contribution is -2.07. The van der Waals surface area contributed by atoms with Gasteiger partial charge >= 0.3 is 0 Å². The molecule has 2 heterocycles. The highest BCUT2D eigenvalue weighted by atomic mass is 15.6. The highest BCUT2D eigenvalue weighted by molar-refractivity contribution is 5.54. The Bertz CT molecular complexity index is 496. The van der Waals surface area contributed by atoms with E-state index in [1.54, 1.807) is 7.05 Å². The standard InChI is InChI=1S/C12H15N5/c1-17-15-12(14-16-17)10-4-2-9(3-5-10)11-6-7-13-8-11/h2-5,11,13H,6-8H2,1H3. The second-order valence-electron chi connectivity index (χ2n) is 4.41. The Morgan fingerprint density at radius 3 is 2.71 bits per heavy atom. The van der Waals surface area contributed by atoms with Gasteiger partial charge in [0.2, 0.25) is 5.82 Å². The molecule has 5 nitrogen and oxygen atoms in total. The van der Waals surface area contributed by atoms with E-state index in [0.29, 0.717) is 11.7 Å². The molecule has 5 heteroatoms. The zero-order chi connectivity index (χ0) is 11.7. The Hall–Kier alpha value is -1.75. The van der Waals surface area contributed by atoms with Gasteiger partial charge in [-0.05, 0) is 29.7 Å². The van der Waals surface area contributed by atoms with Crippen LogP contribution in [0, 0.1) is 0 Å². The first-order valence-electron chi connectivity index (χ1n) is 5.88. The van der Waals surface area contributed by atoms with Gasteiger partial charge in [-0.25, -0.2) is 0 Å². The minimum atomic E-state index is 0.652. The Morgan fingerprint density at radius 1 is 1.29 bits per heavy atom. The van der Waals surface area contributed by atoms with Gasteiger partial charge in [0.05, 0.1) is 7.05 Å². The fraction of sp³-hybridized carbons (Fsp3) is 0.417. The van der Waals surface area contributed by atoms with Crippen molar-refractivity contribution < 1.29 is 0 Å². The third kappa shape index (κ3) is 2.06. The molecule has 1 aromatic carbocycles. The van der Waals surface area contributed by atoms with Crippen molar-refractivity contribution in [3.05, 3.63) is 29.8 Å². The summed E-state index contributed by atoms with van der Waals surface area (Å²) in [6, 6.07) is 8.49. The van der Waals surface area contributed by atoms with Crippen molar-refractivity contribution in [3.8, 4) is 11.4 Å². The number of nitrogens with zero attached hydrogens (tertiary/aromatic N) is 4. The van der Waals surface area contributed by atoms with Gasteiger partial charge in [0.1, 0.15) is 0 Å². The van der Waals surface area contributed by atoms with Gasteiger partial charge in [-0.1, -0.05) is 24.3 Å². The lowest BCUT2D eigenvalue weighted by atomic mass is 9.97. The van der Waals surface area contributed by atoms with Crippen LogP contribution >= 0.6 is 0 Å². The van der Waals surface area contributed by atoms with Crippen LogP contribution in [0.4, 0.5) is 0 Å². The number of hydrogen-bond donors (Lipinski definition) is 1. The van der Waals surface area contributed by atoms with Gasteiger partial charge in [-0.3, -0.25) is 0 Å². The number of hydrogen-bond acceptors (Lipinski definition) is 4. The van der Waals surface area contributed by atoms with Crippen LogP contribution in [0.15, 0.2) is 24.3 Å². The summed E-state index contributed by atoms with van der Waals surface area (Å²) in [5.41, 5.74) is 2.41. The molecule has 1 aliphatic rings. The molecule has 0 spiro atoms. The molecule has 2 aromatic rings. The summed E-state index contributed by atoms with van der Waals surface area (Å²) in [6.45, 7) is 2.21. The van der Waals surface area contributed by atoms with Gasteiger partial charge in [-0.2, -0.15) is 4.80 Å². The third-order valence-electron chi connectivity index (χ3n) is 3.21. The van der Waals surface area contributed by atoms with E-state index < -0.39 is 0 Å². The molecular weight excluding hydrogens is 214 g/mol. The lowest BCUT2D eigenvalue weighted by molar-refractivity contribution is 0.630. The van der Waals surface area contributed by atoms with Gasteiger partial charge in [0.15, 0.2) is 0 Å². The maximum Gasteiger partial charge on any atom is 0.204 e. The molecule has 0 radical (unpaired) electrons. The van der Waals surface area contributed by atoms with E-state index in [9.17, 15) is 0 Å². The molecule has 1 unspecified atom stereocenters. The van der Waals surface area contributed by atoms with Crippen molar-refractivity contribution in [2.24, 2.45) is 7.05 Å². The largest absolute Gasteiger partial charge is 0.316 e. The van der Waals surface area contributed by atoms with Crippen LogP contribution in [-0.2, 0) is 7.05 Å². The highest BCUT2D eigenvalue weighted by Gasteiger charge is 2.16. The van der Waals surface area contributed by atoms with E-state index in [4.69, 9.17) is 0 Å². The van der Waals surface area contributed by atoms with Crippen molar-refractivity contribution in [2.75, 3.05) is 13.1 Å². The predicted molar refractivity (Wildman–Crippen MR) is 64.5 cm³/mol. The minimum Gasteiger partial charge on any atom is -0.316 e. The van der Waals surface area contributed by atoms with Gasteiger partial charge in [0.25, 0.3) is 0 Å². The molecular formula is C12H15N5. The van der Waals surface area contributed by atoms with Crippen LogP contribution in [-0.4, -0.2) is 33.3 Å². The van der Waals surface area contributed by atoms with Crippen LogP contribution in [0.25, 0.3) is 11.4 Å². The molecule has 0 aliphatic carbocycles. The average Bonchev–Trinajstić information content (AvgIpc) is 3.00. The summed E-state index contributed by atoms with van der Waals surface area (Å²) >= 11 is 0. The first-order valence-corrected chi connectivity index (χ1v) is 5.88. The van der Waals surface area contributed by atoms with Crippen molar-refractivity contribution in [1.82, 2.24) is 25.5 Å².